The normalized spacial score (nSPS) is 23.2. The van der Waals surface area contributed by atoms with Crippen LogP contribution in [0.3, 0.4) is 0 Å². The van der Waals surface area contributed by atoms with E-state index in [4.69, 9.17) is 12.2 Å². The molecule has 1 saturated carbocycles. The van der Waals surface area contributed by atoms with Gasteiger partial charge in [-0.3, -0.25) is 9.89 Å². The van der Waals surface area contributed by atoms with Crippen LogP contribution in [0.1, 0.15) is 33.5 Å². The summed E-state index contributed by atoms with van der Waals surface area (Å²) in [6.07, 6.45) is 2.19. The maximum Gasteiger partial charge on any atom is 0.224 e. The molecule has 0 radical (unpaired) electrons. The van der Waals surface area contributed by atoms with Crippen molar-refractivity contribution < 1.29 is 4.79 Å². The fourth-order valence-electron chi connectivity index (χ4n) is 2.66. The third-order valence-electron chi connectivity index (χ3n) is 4.10. The molecule has 1 aliphatic carbocycles. The lowest BCUT2D eigenvalue weighted by atomic mass is 10.1. The first-order valence-electron chi connectivity index (χ1n) is 6.78. The third-order valence-corrected chi connectivity index (χ3v) is 4.46. The standard InChI is InChI=1S/C14H22N4OS/c1-8(2)6-9-11(14(9,3)4)12(19)15-7-10-16-17-13(20)18(10)5/h6,9,11H,7H2,1-5H3,(H,15,19)(H,17,20)/t9-,11-/m0/s1. The van der Waals surface area contributed by atoms with Crippen LogP contribution in [0.25, 0.3) is 0 Å². The first-order valence-corrected chi connectivity index (χ1v) is 7.19. The summed E-state index contributed by atoms with van der Waals surface area (Å²) in [6.45, 7) is 8.81. The first-order chi connectivity index (χ1) is 9.25. The minimum Gasteiger partial charge on any atom is -0.349 e. The van der Waals surface area contributed by atoms with E-state index in [1.165, 1.54) is 5.57 Å². The number of H-pyrrole nitrogens is 1. The molecular weight excluding hydrogens is 272 g/mol. The Morgan fingerprint density at radius 2 is 2.20 bits per heavy atom. The second-order valence-corrected chi connectivity index (χ2v) is 6.68. The molecule has 1 aromatic rings. The van der Waals surface area contributed by atoms with Crippen LogP contribution in [0, 0.1) is 22.0 Å². The Balaban J connectivity index is 1.98. The van der Waals surface area contributed by atoms with Gasteiger partial charge in [0.2, 0.25) is 5.91 Å². The average molecular weight is 294 g/mol. The molecule has 0 aliphatic heterocycles. The number of aromatic amines is 1. The maximum absolute atomic E-state index is 12.3. The van der Waals surface area contributed by atoms with Crippen molar-refractivity contribution in [1.29, 1.82) is 0 Å². The summed E-state index contributed by atoms with van der Waals surface area (Å²) >= 11 is 5.04. The molecule has 1 aliphatic rings. The maximum atomic E-state index is 12.3. The SMILES string of the molecule is CC(C)=C[C@H]1[C@@H](C(=O)NCc2n[nH]c(=S)n2C)C1(C)C. The van der Waals surface area contributed by atoms with E-state index in [9.17, 15) is 4.79 Å². The number of nitrogens with zero attached hydrogens (tertiary/aromatic N) is 2. The quantitative estimate of drug-likeness (QED) is 0.662. The van der Waals surface area contributed by atoms with Crippen LogP contribution in [0.15, 0.2) is 11.6 Å². The monoisotopic (exact) mass is 294 g/mol. The molecule has 1 heterocycles. The Labute approximate surface area is 124 Å². The summed E-state index contributed by atoms with van der Waals surface area (Å²) in [6, 6.07) is 0. The summed E-state index contributed by atoms with van der Waals surface area (Å²) in [5.41, 5.74) is 1.30. The molecular formula is C14H22N4OS. The molecule has 0 unspecified atom stereocenters. The Morgan fingerprint density at radius 1 is 1.55 bits per heavy atom. The van der Waals surface area contributed by atoms with Gasteiger partial charge in [0, 0.05) is 7.05 Å². The van der Waals surface area contributed by atoms with Gasteiger partial charge in [0.1, 0.15) is 0 Å². The Hall–Kier alpha value is -1.43. The highest BCUT2D eigenvalue weighted by atomic mass is 32.1. The van der Waals surface area contributed by atoms with Crippen molar-refractivity contribution >= 4 is 18.1 Å². The van der Waals surface area contributed by atoms with Crippen molar-refractivity contribution in [3.63, 3.8) is 0 Å². The molecule has 0 bridgehead atoms. The number of aromatic nitrogens is 3. The first kappa shape index (κ1) is 15.0. The predicted octanol–water partition coefficient (Wildman–Crippen LogP) is 2.33. The summed E-state index contributed by atoms with van der Waals surface area (Å²) in [7, 11) is 1.83. The number of allylic oxidation sites excluding steroid dienone is 2. The number of carbonyl (C=O) groups excluding carboxylic acids is 1. The lowest BCUT2D eigenvalue weighted by Gasteiger charge is -2.05. The molecule has 0 saturated heterocycles. The largest absolute Gasteiger partial charge is 0.349 e. The Morgan fingerprint density at radius 3 is 2.70 bits per heavy atom. The van der Waals surface area contributed by atoms with E-state index in [0.717, 1.165) is 5.82 Å². The fraction of sp³-hybridized carbons (Fsp3) is 0.643. The minimum atomic E-state index is 0.0400. The minimum absolute atomic E-state index is 0.0400. The third kappa shape index (κ3) is 2.70. The van der Waals surface area contributed by atoms with Gasteiger partial charge in [-0.25, -0.2) is 0 Å². The zero-order chi connectivity index (χ0) is 15.1. The smallest absolute Gasteiger partial charge is 0.224 e. The van der Waals surface area contributed by atoms with Crippen LogP contribution in [0.2, 0.25) is 0 Å². The molecule has 5 nitrogen and oxygen atoms in total. The molecule has 2 N–H and O–H groups in total. The second-order valence-electron chi connectivity index (χ2n) is 6.29. The van der Waals surface area contributed by atoms with Gasteiger partial charge in [0.25, 0.3) is 0 Å². The van der Waals surface area contributed by atoms with Crippen molar-refractivity contribution in [3.8, 4) is 0 Å². The van der Waals surface area contributed by atoms with E-state index < -0.39 is 0 Å². The van der Waals surface area contributed by atoms with Crippen molar-refractivity contribution in [2.75, 3.05) is 0 Å². The zero-order valence-corrected chi connectivity index (χ0v) is 13.5. The molecule has 1 amide bonds. The van der Waals surface area contributed by atoms with E-state index in [1.54, 1.807) is 4.57 Å². The lowest BCUT2D eigenvalue weighted by molar-refractivity contribution is -0.123. The van der Waals surface area contributed by atoms with Gasteiger partial charge in [-0.15, -0.1) is 0 Å². The Kier molecular flexibility index (Phi) is 3.86. The van der Waals surface area contributed by atoms with Gasteiger partial charge < -0.3 is 9.88 Å². The summed E-state index contributed by atoms with van der Waals surface area (Å²) < 4.78 is 2.32. The summed E-state index contributed by atoms with van der Waals surface area (Å²) in [4.78, 5) is 12.3. The molecule has 6 heteroatoms. The predicted molar refractivity (Wildman–Crippen MR) is 80.4 cm³/mol. The van der Waals surface area contributed by atoms with E-state index >= 15 is 0 Å². The van der Waals surface area contributed by atoms with Gasteiger partial charge in [0.15, 0.2) is 10.6 Å². The van der Waals surface area contributed by atoms with E-state index in [0.29, 0.717) is 17.2 Å². The van der Waals surface area contributed by atoms with E-state index in [-0.39, 0.29) is 17.2 Å². The summed E-state index contributed by atoms with van der Waals surface area (Å²) in [5.74, 6) is 1.20. The van der Waals surface area contributed by atoms with Gasteiger partial charge in [-0.1, -0.05) is 25.5 Å². The average Bonchev–Trinajstić information content (AvgIpc) is 2.71. The molecule has 0 aromatic carbocycles. The molecule has 20 heavy (non-hydrogen) atoms. The van der Waals surface area contributed by atoms with E-state index in [2.05, 4.69) is 49.3 Å². The van der Waals surface area contributed by atoms with Gasteiger partial charge in [-0.2, -0.15) is 5.10 Å². The van der Waals surface area contributed by atoms with Crippen LogP contribution in [-0.2, 0) is 18.4 Å². The van der Waals surface area contributed by atoms with Crippen molar-refractivity contribution in [3.05, 3.63) is 22.2 Å². The molecule has 110 valence electrons. The number of hydrogen-bond donors (Lipinski definition) is 2. The highest BCUT2D eigenvalue weighted by molar-refractivity contribution is 7.71. The highest BCUT2D eigenvalue weighted by Gasteiger charge is 2.60. The van der Waals surface area contributed by atoms with Crippen LogP contribution in [0.5, 0.6) is 0 Å². The molecule has 2 atom stereocenters. The highest BCUT2D eigenvalue weighted by Crippen LogP contribution is 2.59. The van der Waals surface area contributed by atoms with Crippen LogP contribution in [0.4, 0.5) is 0 Å². The molecule has 0 spiro atoms. The molecule has 1 fully saturated rings. The van der Waals surface area contributed by atoms with Crippen molar-refractivity contribution in [1.82, 2.24) is 20.1 Å². The Bertz CT molecular complexity index is 607. The zero-order valence-electron chi connectivity index (χ0n) is 12.7. The topological polar surface area (TPSA) is 62.7 Å². The molecule has 2 rings (SSSR count). The number of carbonyl (C=O) groups is 1. The van der Waals surface area contributed by atoms with E-state index in [1.807, 2.05) is 7.05 Å². The van der Waals surface area contributed by atoms with Gasteiger partial charge >= 0.3 is 0 Å². The summed E-state index contributed by atoms with van der Waals surface area (Å²) in [5, 5.41) is 9.76. The number of amides is 1. The number of nitrogens with one attached hydrogen (secondary N) is 2. The van der Waals surface area contributed by atoms with Crippen molar-refractivity contribution in [2.45, 2.75) is 34.2 Å². The number of hydrogen-bond acceptors (Lipinski definition) is 3. The van der Waals surface area contributed by atoms with Crippen LogP contribution >= 0.6 is 12.2 Å². The second kappa shape index (κ2) is 5.16. The fourth-order valence-corrected chi connectivity index (χ4v) is 2.81. The van der Waals surface area contributed by atoms with Gasteiger partial charge in [-0.05, 0) is 37.4 Å². The van der Waals surface area contributed by atoms with Crippen LogP contribution < -0.4 is 5.32 Å². The van der Waals surface area contributed by atoms with Crippen molar-refractivity contribution in [2.24, 2.45) is 24.3 Å². The lowest BCUT2D eigenvalue weighted by Crippen LogP contribution is -2.27. The molecule has 1 aromatic heterocycles. The van der Waals surface area contributed by atoms with Crippen LogP contribution in [-0.4, -0.2) is 20.7 Å². The number of rotatable bonds is 4. The van der Waals surface area contributed by atoms with Gasteiger partial charge in [0.05, 0.1) is 12.5 Å².